The Hall–Kier alpha value is -3.28. The third-order valence-corrected chi connectivity index (χ3v) is 6.21. The molecule has 11 heteroatoms. The number of nitrogens with zero attached hydrogens (tertiary/aromatic N) is 2. The minimum Gasteiger partial charge on any atom is -0.473 e. The minimum atomic E-state index is -3.42. The van der Waals surface area contributed by atoms with E-state index >= 15 is 0 Å². The number of aliphatic carboxylic acids is 2. The van der Waals surface area contributed by atoms with Crippen molar-refractivity contribution >= 4 is 27.8 Å². The summed E-state index contributed by atoms with van der Waals surface area (Å²) in [5.74, 6) is 3.09. The number of nitrogens with one attached hydrogen (secondary N) is 1. The summed E-state index contributed by atoms with van der Waals surface area (Å²) in [7, 11) is -3.42. The van der Waals surface area contributed by atoms with E-state index in [0.29, 0.717) is 11.4 Å². The number of unbranched alkanes of at least 4 members (excludes halogenated alkanes) is 1. The lowest BCUT2D eigenvalue weighted by Gasteiger charge is -2.13. The van der Waals surface area contributed by atoms with E-state index in [0.717, 1.165) is 54.9 Å². The van der Waals surface area contributed by atoms with Gasteiger partial charge >= 0.3 is 11.9 Å². The average Bonchev–Trinajstić information content (AvgIpc) is 3.21. The highest BCUT2D eigenvalue weighted by atomic mass is 32.2. The maximum Gasteiger partial charge on any atom is 0.414 e. The SMILES string of the molecule is CCCCNS(=O)(=O)c1ccc(Cc2ccc(C3=NCCN3N)cc2)cc1.O=C(O)C(=O)O. The van der Waals surface area contributed by atoms with Crippen LogP contribution in [0.4, 0.5) is 0 Å². The van der Waals surface area contributed by atoms with Crippen LogP contribution in [0.5, 0.6) is 0 Å². The minimum absolute atomic E-state index is 0.306. The third kappa shape index (κ3) is 7.97. The molecule has 1 aliphatic heterocycles. The summed E-state index contributed by atoms with van der Waals surface area (Å²) in [6.45, 7) is 3.98. The molecule has 2 aromatic carbocycles. The van der Waals surface area contributed by atoms with Gasteiger partial charge in [-0.2, -0.15) is 0 Å². The Balaban J connectivity index is 0.000000569. The molecule has 0 fully saturated rings. The number of nitrogens with two attached hydrogens (primary N) is 1. The van der Waals surface area contributed by atoms with Crippen LogP contribution in [-0.2, 0) is 26.0 Å². The summed E-state index contributed by atoms with van der Waals surface area (Å²) >= 11 is 0. The van der Waals surface area contributed by atoms with Crippen molar-refractivity contribution in [3.8, 4) is 0 Å². The Morgan fingerprint density at radius 2 is 1.58 bits per heavy atom. The molecule has 0 atom stereocenters. The van der Waals surface area contributed by atoms with E-state index in [1.807, 2.05) is 31.2 Å². The molecule has 0 unspecified atom stereocenters. The van der Waals surface area contributed by atoms with Gasteiger partial charge in [0.2, 0.25) is 10.0 Å². The Morgan fingerprint density at radius 3 is 2.03 bits per heavy atom. The predicted molar refractivity (Wildman–Crippen MR) is 123 cm³/mol. The summed E-state index contributed by atoms with van der Waals surface area (Å²) < 4.78 is 27.1. The summed E-state index contributed by atoms with van der Waals surface area (Å²) in [5.41, 5.74) is 3.23. The number of hydrogen-bond donors (Lipinski definition) is 4. The monoisotopic (exact) mass is 476 g/mol. The van der Waals surface area contributed by atoms with Crippen LogP contribution in [0.15, 0.2) is 58.4 Å². The molecule has 3 rings (SSSR count). The van der Waals surface area contributed by atoms with Crippen LogP contribution in [-0.4, -0.2) is 61.0 Å². The number of benzene rings is 2. The Kier molecular flexibility index (Phi) is 9.52. The molecule has 10 nitrogen and oxygen atoms in total. The topological polar surface area (TPSA) is 162 Å². The fourth-order valence-electron chi connectivity index (χ4n) is 2.98. The van der Waals surface area contributed by atoms with Crippen molar-refractivity contribution in [3.05, 3.63) is 65.2 Å². The molecule has 1 heterocycles. The second-order valence-corrected chi connectivity index (χ2v) is 9.04. The first kappa shape index (κ1) is 26.0. The van der Waals surface area contributed by atoms with E-state index in [2.05, 4.69) is 21.8 Å². The van der Waals surface area contributed by atoms with Gasteiger partial charge in [-0.05, 0) is 36.1 Å². The van der Waals surface area contributed by atoms with Crippen molar-refractivity contribution < 1.29 is 28.2 Å². The summed E-state index contributed by atoms with van der Waals surface area (Å²) in [5, 5.41) is 16.5. The van der Waals surface area contributed by atoms with Crippen molar-refractivity contribution in [2.45, 2.75) is 31.1 Å². The van der Waals surface area contributed by atoms with E-state index in [1.165, 1.54) is 0 Å². The molecule has 0 aromatic heterocycles. The Bertz CT molecular complexity index is 1070. The van der Waals surface area contributed by atoms with E-state index in [1.54, 1.807) is 17.1 Å². The van der Waals surface area contributed by atoms with Crippen LogP contribution in [0.3, 0.4) is 0 Å². The standard InChI is InChI=1S/C20H26N4O2S.C2H2O4/c1-2-3-12-23-27(25,26)19-10-6-17(7-11-19)15-16-4-8-18(9-5-16)20-22-13-14-24(20)21;3-1(4)2(5)6/h4-11,23H,2-3,12-15,21H2,1H3;(H,3,4)(H,5,6). The quantitative estimate of drug-likeness (QED) is 0.253. The van der Waals surface area contributed by atoms with Crippen molar-refractivity contribution in [2.24, 2.45) is 10.8 Å². The molecule has 2 aromatic rings. The number of sulfonamides is 1. The maximum atomic E-state index is 12.2. The zero-order chi connectivity index (χ0) is 24.4. The Morgan fingerprint density at radius 1 is 1.03 bits per heavy atom. The highest BCUT2D eigenvalue weighted by Gasteiger charge is 2.15. The molecule has 0 amide bonds. The predicted octanol–water partition coefficient (Wildman–Crippen LogP) is 1.45. The van der Waals surface area contributed by atoms with Crippen LogP contribution in [0.25, 0.3) is 0 Å². The number of hydrazine groups is 1. The highest BCUT2D eigenvalue weighted by Crippen LogP contribution is 2.16. The molecule has 178 valence electrons. The molecule has 0 radical (unpaired) electrons. The average molecular weight is 477 g/mol. The van der Waals surface area contributed by atoms with E-state index < -0.39 is 22.0 Å². The molecular weight excluding hydrogens is 448 g/mol. The van der Waals surface area contributed by atoms with Gasteiger partial charge in [-0.3, -0.25) is 10.0 Å². The zero-order valence-corrected chi connectivity index (χ0v) is 19.1. The molecule has 0 spiro atoms. The van der Waals surface area contributed by atoms with Crippen molar-refractivity contribution in [3.63, 3.8) is 0 Å². The van der Waals surface area contributed by atoms with Crippen molar-refractivity contribution in [1.82, 2.24) is 9.73 Å². The van der Waals surface area contributed by atoms with Gasteiger partial charge in [-0.25, -0.2) is 28.6 Å². The van der Waals surface area contributed by atoms with Crippen LogP contribution in [0.2, 0.25) is 0 Å². The van der Waals surface area contributed by atoms with Crippen LogP contribution < -0.4 is 10.6 Å². The van der Waals surface area contributed by atoms with Crippen LogP contribution in [0.1, 0.15) is 36.5 Å². The maximum absolute atomic E-state index is 12.2. The number of carbonyl (C=O) groups is 2. The van der Waals surface area contributed by atoms with Crippen LogP contribution >= 0.6 is 0 Å². The van der Waals surface area contributed by atoms with Gasteiger partial charge in [-0.15, -0.1) is 0 Å². The molecule has 1 aliphatic rings. The number of amidine groups is 1. The lowest BCUT2D eigenvalue weighted by molar-refractivity contribution is -0.159. The summed E-state index contributed by atoms with van der Waals surface area (Å²) in [6.07, 6.45) is 2.53. The van der Waals surface area contributed by atoms with Gasteiger partial charge in [0.1, 0.15) is 5.84 Å². The molecular formula is C22H28N4O6S. The Labute approximate surface area is 192 Å². The first-order chi connectivity index (χ1) is 15.6. The van der Waals surface area contributed by atoms with Gasteiger partial charge in [0.15, 0.2) is 0 Å². The molecule has 5 N–H and O–H groups in total. The molecule has 0 saturated carbocycles. The van der Waals surface area contributed by atoms with E-state index in [-0.39, 0.29) is 0 Å². The number of hydrogen-bond acceptors (Lipinski definition) is 7. The highest BCUT2D eigenvalue weighted by molar-refractivity contribution is 7.89. The van der Waals surface area contributed by atoms with Gasteiger partial charge in [0.25, 0.3) is 0 Å². The normalized spacial score (nSPS) is 13.2. The second-order valence-electron chi connectivity index (χ2n) is 7.28. The molecule has 0 bridgehead atoms. The van der Waals surface area contributed by atoms with Gasteiger partial charge in [0, 0.05) is 12.1 Å². The number of carboxylic acids is 2. The van der Waals surface area contributed by atoms with Gasteiger partial charge in [-0.1, -0.05) is 49.7 Å². The fraction of sp³-hybridized carbons (Fsp3) is 0.318. The van der Waals surface area contributed by atoms with Gasteiger partial charge < -0.3 is 10.2 Å². The third-order valence-electron chi connectivity index (χ3n) is 4.73. The number of carboxylic acid groups (broad SMARTS) is 2. The second kappa shape index (κ2) is 12.1. The lowest BCUT2D eigenvalue weighted by Crippen LogP contribution is -2.34. The summed E-state index contributed by atoms with van der Waals surface area (Å²) in [6, 6.07) is 15.2. The van der Waals surface area contributed by atoms with Gasteiger partial charge in [0.05, 0.1) is 18.0 Å². The molecule has 0 aliphatic carbocycles. The van der Waals surface area contributed by atoms with Crippen LogP contribution in [0, 0.1) is 0 Å². The lowest BCUT2D eigenvalue weighted by atomic mass is 10.0. The summed E-state index contributed by atoms with van der Waals surface area (Å²) in [4.78, 5) is 22.9. The number of aliphatic imine (C=N–C) groups is 1. The first-order valence-electron chi connectivity index (χ1n) is 10.3. The zero-order valence-electron chi connectivity index (χ0n) is 18.3. The largest absolute Gasteiger partial charge is 0.473 e. The van der Waals surface area contributed by atoms with E-state index in [4.69, 9.17) is 25.6 Å². The molecule has 33 heavy (non-hydrogen) atoms. The molecule has 0 saturated heterocycles. The number of rotatable bonds is 8. The first-order valence-corrected chi connectivity index (χ1v) is 11.8. The smallest absolute Gasteiger partial charge is 0.414 e. The van der Waals surface area contributed by atoms with Crippen molar-refractivity contribution in [2.75, 3.05) is 19.6 Å². The fourth-order valence-corrected chi connectivity index (χ4v) is 4.05. The van der Waals surface area contributed by atoms with Crippen molar-refractivity contribution in [1.29, 1.82) is 0 Å². The van der Waals surface area contributed by atoms with E-state index in [9.17, 15) is 8.42 Å².